The lowest BCUT2D eigenvalue weighted by Gasteiger charge is -2.05. The summed E-state index contributed by atoms with van der Waals surface area (Å²) in [6, 6.07) is 6.36. The zero-order valence-corrected chi connectivity index (χ0v) is 9.19. The molecule has 0 saturated heterocycles. The first kappa shape index (κ1) is 12.3. The van der Waals surface area contributed by atoms with E-state index >= 15 is 0 Å². The number of benzene rings is 1. The van der Waals surface area contributed by atoms with Gasteiger partial charge in [0.15, 0.2) is 0 Å². The molecule has 0 bridgehead atoms. The Bertz CT molecular complexity index is 358. The van der Waals surface area contributed by atoms with Gasteiger partial charge >= 0.3 is 5.97 Å². The molecule has 16 heavy (non-hydrogen) atoms. The Balaban J connectivity index is 2.36. The third kappa shape index (κ3) is 3.77. The maximum Gasteiger partial charge on any atom is 0.341 e. The monoisotopic (exact) mass is 220 g/mol. The maximum absolute atomic E-state index is 11.5. The number of phenolic OH excluding ortho intramolecular Hbond substituents is 1. The summed E-state index contributed by atoms with van der Waals surface area (Å²) in [5.74, 6) is -0.518. The molecule has 0 heterocycles. The molecule has 0 spiro atoms. The van der Waals surface area contributed by atoms with Crippen molar-refractivity contribution in [3.8, 4) is 5.75 Å². The van der Waals surface area contributed by atoms with Gasteiger partial charge in [-0.1, -0.05) is 18.2 Å². The summed E-state index contributed by atoms with van der Waals surface area (Å²) < 4.78 is 5.02. The second kappa shape index (κ2) is 6.67. The molecule has 0 aliphatic rings. The summed E-state index contributed by atoms with van der Waals surface area (Å²) in [4.78, 5) is 11.5. The molecule has 0 amide bonds. The van der Waals surface area contributed by atoms with Gasteiger partial charge in [0.25, 0.3) is 0 Å². The van der Waals surface area contributed by atoms with Crippen LogP contribution in [0.15, 0.2) is 36.9 Å². The number of para-hydroxylation sites is 1. The maximum atomic E-state index is 11.5. The highest BCUT2D eigenvalue weighted by Gasteiger charge is 2.10. The van der Waals surface area contributed by atoms with Gasteiger partial charge < -0.3 is 9.84 Å². The lowest BCUT2D eigenvalue weighted by Crippen LogP contribution is -2.06. The van der Waals surface area contributed by atoms with E-state index in [2.05, 4.69) is 6.58 Å². The third-order valence-corrected chi connectivity index (χ3v) is 2.16. The number of phenols is 1. The van der Waals surface area contributed by atoms with Crippen LogP contribution in [0.2, 0.25) is 0 Å². The first-order valence-electron chi connectivity index (χ1n) is 5.31. The molecule has 1 aromatic carbocycles. The molecule has 0 aliphatic heterocycles. The molecule has 1 rings (SSSR count). The van der Waals surface area contributed by atoms with Crippen LogP contribution in [0.5, 0.6) is 5.75 Å². The van der Waals surface area contributed by atoms with Crippen LogP contribution in [0.3, 0.4) is 0 Å². The summed E-state index contributed by atoms with van der Waals surface area (Å²) >= 11 is 0. The number of allylic oxidation sites excluding steroid dienone is 1. The standard InChI is InChI=1S/C13H16O3/c1-2-3-4-7-10-16-13(15)11-8-5-6-9-12(11)14/h2,5-6,8-9,14H,1,3-4,7,10H2. The highest BCUT2D eigenvalue weighted by Crippen LogP contribution is 2.16. The lowest BCUT2D eigenvalue weighted by molar-refractivity contribution is 0.0495. The van der Waals surface area contributed by atoms with Crippen LogP contribution in [-0.2, 0) is 4.74 Å². The molecular formula is C13H16O3. The van der Waals surface area contributed by atoms with Gasteiger partial charge in [0, 0.05) is 0 Å². The van der Waals surface area contributed by atoms with Crippen LogP contribution in [-0.4, -0.2) is 17.7 Å². The van der Waals surface area contributed by atoms with Crippen molar-refractivity contribution in [2.45, 2.75) is 19.3 Å². The summed E-state index contributed by atoms with van der Waals surface area (Å²) in [5, 5.41) is 9.41. The Morgan fingerprint density at radius 1 is 1.38 bits per heavy atom. The first-order chi connectivity index (χ1) is 7.75. The molecule has 0 fully saturated rings. The summed E-state index contributed by atoms with van der Waals surface area (Å²) in [5.41, 5.74) is 0.214. The van der Waals surface area contributed by atoms with Gasteiger partial charge in [-0.25, -0.2) is 4.79 Å². The number of hydrogen-bond donors (Lipinski definition) is 1. The van der Waals surface area contributed by atoms with Crippen LogP contribution in [0, 0.1) is 0 Å². The largest absolute Gasteiger partial charge is 0.507 e. The van der Waals surface area contributed by atoms with Crippen molar-refractivity contribution in [2.24, 2.45) is 0 Å². The number of ether oxygens (including phenoxy) is 1. The van der Waals surface area contributed by atoms with E-state index in [0.717, 1.165) is 19.3 Å². The molecule has 1 aromatic rings. The summed E-state index contributed by atoms with van der Waals surface area (Å²) in [7, 11) is 0. The van der Waals surface area contributed by atoms with Gasteiger partial charge in [-0.2, -0.15) is 0 Å². The number of aromatic hydroxyl groups is 1. The molecule has 0 aromatic heterocycles. The van der Waals surface area contributed by atoms with Crippen LogP contribution in [0.1, 0.15) is 29.6 Å². The molecule has 0 atom stereocenters. The zero-order chi connectivity index (χ0) is 11.8. The average molecular weight is 220 g/mol. The topological polar surface area (TPSA) is 46.5 Å². The van der Waals surface area contributed by atoms with Crippen molar-refractivity contribution in [1.29, 1.82) is 0 Å². The average Bonchev–Trinajstić information content (AvgIpc) is 2.29. The van der Waals surface area contributed by atoms with E-state index in [9.17, 15) is 9.90 Å². The van der Waals surface area contributed by atoms with Crippen molar-refractivity contribution in [2.75, 3.05) is 6.61 Å². The number of unbranched alkanes of at least 4 members (excludes halogenated alkanes) is 2. The predicted molar refractivity (Wildman–Crippen MR) is 62.4 cm³/mol. The van der Waals surface area contributed by atoms with Crippen molar-refractivity contribution >= 4 is 5.97 Å². The fourth-order valence-corrected chi connectivity index (χ4v) is 1.28. The molecule has 0 saturated carbocycles. The van der Waals surface area contributed by atoms with Gasteiger partial charge in [0.1, 0.15) is 11.3 Å². The molecule has 3 nitrogen and oxygen atoms in total. The molecule has 0 radical (unpaired) electrons. The molecule has 86 valence electrons. The Hall–Kier alpha value is -1.77. The molecule has 1 N–H and O–H groups in total. The smallest absolute Gasteiger partial charge is 0.341 e. The quantitative estimate of drug-likeness (QED) is 0.455. The lowest BCUT2D eigenvalue weighted by atomic mass is 10.2. The number of carbonyl (C=O) groups excluding carboxylic acids is 1. The Morgan fingerprint density at radius 2 is 2.12 bits per heavy atom. The Morgan fingerprint density at radius 3 is 2.81 bits per heavy atom. The summed E-state index contributed by atoms with van der Waals surface area (Å²) in [6.07, 6.45) is 4.53. The van der Waals surface area contributed by atoms with E-state index in [1.165, 1.54) is 6.07 Å². The van der Waals surface area contributed by atoms with E-state index in [4.69, 9.17) is 4.74 Å². The Labute approximate surface area is 95.4 Å². The fourth-order valence-electron chi connectivity index (χ4n) is 1.28. The minimum absolute atomic E-state index is 0.0430. The van der Waals surface area contributed by atoms with E-state index < -0.39 is 5.97 Å². The van der Waals surface area contributed by atoms with Gasteiger partial charge in [0.05, 0.1) is 6.61 Å². The van der Waals surface area contributed by atoms with Crippen molar-refractivity contribution < 1.29 is 14.6 Å². The van der Waals surface area contributed by atoms with E-state index in [-0.39, 0.29) is 11.3 Å². The van der Waals surface area contributed by atoms with Crippen LogP contribution >= 0.6 is 0 Å². The Kier molecular flexibility index (Phi) is 5.12. The first-order valence-corrected chi connectivity index (χ1v) is 5.31. The van der Waals surface area contributed by atoms with Gasteiger partial charge in [0.2, 0.25) is 0 Å². The molecule has 0 aliphatic carbocycles. The highest BCUT2D eigenvalue weighted by atomic mass is 16.5. The van der Waals surface area contributed by atoms with Gasteiger partial charge in [-0.3, -0.25) is 0 Å². The van der Waals surface area contributed by atoms with Crippen molar-refractivity contribution in [3.05, 3.63) is 42.5 Å². The van der Waals surface area contributed by atoms with Crippen molar-refractivity contribution in [3.63, 3.8) is 0 Å². The van der Waals surface area contributed by atoms with Gasteiger partial charge in [-0.05, 0) is 31.4 Å². The number of rotatable bonds is 6. The number of hydrogen-bond acceptors (Lipinski definition) is 3. The molecule has 0 unspecified atom stereocenters. The molecular weight excluding hydrogens is 204 g/mol. The van der Waals surface area contributed by atoms with Crippen LogP contribution < -0.4 is 0 Å². The van der Waals surface area contributed by atoms with E-state index in [1.807, 2.05) is 6.08 Å². The third-order valence-electron chi connectivity index (χ3n) is 2.16. The fraction of sp³-hybridized carbons (Fsp3) is 0.308. The van der Waals surface area contributed by atoms with Crippen molar-refractivity contribution in [1.82, 2.24) is 0 Å². The number of esters is 1. The minimum atomic E-state index is -0.475. The predicted octanol–water partition coefficient (Wildman–Crippen LogP) is 2.91. The van der Waals surface area contributed by atoms with Crippen LogP contribution in [0.25, 0.3) is 0 Å². The highest BCUT2D eigenvalue weighted by molar-refractivity contribution is 5.92. The molecule has 3 heteroatoms. The normalized spacial score (nSPS) is 9.75. The number of carbonyl (C=O) groups is 1. The summed E-state index contributed by atoms with van der Waals surface area (Å²) in [6.45, 7) is 3.99. The second-order valence-electron chi connectivity index (χ2n) is 3.44. The van der Waals surface area contributed by atoms with Crippen LogP contribution in [0.4, 0.5) is 0 Å². The van der Waals surface area contributed by atoms with Gasteiger partial charge in [-0.15, -0.1) is 6.58 Å². The second-order valence-corrected chi connectivity index (χ2v) is 3.44. The van der Waals surface area contributed by atoms with E-state index in [0.29, 0.717) is 6.61 Å². The minimum Gasteiger partial charge on any atom is -0.507 e. The van der Waals surface area contributed by atoms with E-state index in [1.54, 1.807) is 18.2 Å². The zero-order valence-electron chi connectivity index (χ0n) is 9.19. The SMILES string of the molecule is C=CCCCCOC(=O)c1ccccc1O.